The summed E-state index contributed by atoms with van der Waals surface area (Å²) in [5.41, 5.74) is 4.11. The lowest BCUT2D eigenvalue weighted by molar-refractivity contribution is 0.0991. The molecule has 1 aromatic carbocycles. The number of carbonyl (C=O) groups excluding carboxylic acids is 1. The van der Waals surface area contributed by atoms with Crippen LogP contribution in [0.2, 0.25) is 5.02 Å². The molecule has 3 heterocycles. The highest BCUT2D eigenvalue weighted by atomic mass is 35.5. The van der Waals surface area contributed by atoms with Crippen molar-refractivity contribution >= 4 is 17.4 Å². The maximum absolute atomic E-state index is 12.5. The molecule has 4 aromatic rings. The third kappa shape index (κ3) is 4.02. The molecule has 0 atom stereocenters. The van der Waals surface area contributed by atoms with Gasteiger partial charge in [0.25, 0.3) is 0 Å². The fourth-order valence-electron chi connectivity index (χ4n) is 2.86. The van der Waals surface area contributed by atoms with E-state index in [1.165, 1.54) is 4.80 Å². The molecule has 0 fully saturated rings. The summed E-state index contributed by atoms with van der Waals surface area (Å²) < 4.78 is 0. The third-order valence-electron chi connectivity index (χ3n) is 4.40. The fraction of sp³-hybridized carbons (Fsp3) is 0.150. The zero-order chi connectivity index (χ0) is 20.4. The number of aryl methyl sites for hydroxylation is 2. The van der Waals surface area contributed by atoms with Crippen LogP contribution in [0.1, 0.15) is 21.6 Å². The first kappa shape index (κ1) is 18.8. The Bertz CT molecular complexity index is 1190. The number of ketones is 1. The monoisotopic (exact) mass is 405 g/mol. The lowest BCUT2D eigenvalue weighted by atomic mass is 10.0. The SMILES string of the molecule is Cc1ccncc1C(=O)Cc1cnc(-c2cc(-c3nnn(C)n3)ccc2Cl)cn1. The first-order valence-corrected chi connectivity index (χ1v) is 9.18. The molecule has 0 unspecified atom stereocenters. The minimum absolute atomic E-state index is 0.0496. The van der Waals surface area contributed by atoms with Crippen molar-refractivity contribution in [3.05, 3.63) is 70.9 Å². The van der Waals surface area contributed by atoms with Crippen LogP contribution in [0.3, 0.4) is 0 Å². The summed E-state index contributed by atoms with van der Waals surface area (Å²) in [6, 6.07) is 7.22. The highest BCUT2D eigenvalue weighted by Crippen LogP contribution is 2.30. The highest BCUT2D eigenvalue weighted by molar-refractivity contribution is 6.33. The molecule has 0 aliphatic rings. The quantitative estimate of drug-likeness (QED) is 0.470. The minimum Gasteiger partial charge on any atom is -0.294 e. The van der Waals surface area contributed by atoms with Gasteiger partial charge in [0.2, 0.25) is 5.82 Å². The second-order valence-electron chi connectivity index (χ2n) is 6.48. The molecule has 0 spiro atoms. The molecule has 3 aromatic heterocycles. The molecule has 0 saturated carbocycles. The largest absolute Gasteiger partial charge is 0.294 e. The number of rotatable bonds is 5. The zero-order valence-electron chi connectivity index (χ0n) is 15.7. The van der Waals surface area contributed by atoms with E-state index >= 15 is 0 Å². The Morgan fingerprint density at radius 3 is 2.69 bits per heavy atom. The Hall–Kier alpha value is -3.52. The molecular formula is C20H16ClN7O. The van der Waals surface area contributed by atoms with Crippen LogP contribution in [0.5, 0.6) is 0 Å². The molecule has 0 N–H and O–H groups in total. The minimum atomic E-state index is -0.0496. The molecule has 4 rings (SSSR count). The van der Waals surface area contributed by atoms with E-state index in [4.69, 9.17) is 11.6 Å². The van der Waals surface area contributed by atoms with Crippen molar-refractivity contribution < 1.29 is 4.79 Å². The Morgan fingerprint density at radius 1 is 1.14 bits per heavy atom. The van der Waals surface area contributed by atoms with Gasteiger partial charge in [-0.2, -0.15) is 4.80 Å². The first-order chi connectivity index (χ1) is 14.0. The number of hydrogen-bond acceptors (Lipinski definition) is 7. The average Bonchev–Trinajstić information content (AvgIpc) is 3.16. The molecule has 0 aliphatic carbocycles. The maximum atomic E-state index is 12.5. The molecule has 8 nitrogen and oxygen atoms in total. The maximum Gasteiger partial charge on any atom is 0.204 e. The lowest BCUT2D eigenvalue weighted by Crippen LogP contribution is -2.08. The van der Waals surface area contributed by atoms with E-state index in [-0.39, 0.29) is 12.2 Å². The van der Waals surface area contributed by atoms with Gasteiger partial charge in [-0.25, -0.2) is 0 Å². The van der Waals surface area contributed by atoms with Crippen molar-refractivity contribution in [1.82, 2.24) is 35.2 Å². The van der Waals surface area contributed by atoms with Crippen molar-refractivity contribution in [2.75, 3.05) is 0 Å². The van der Waals surface area contributed by atoms with Gasteiger partial charge in [-0.3, -0.25) is 19.7 Å². The van der Waals surface area contributed by atoms with Gasteiger partial charge in [-0.15, -0.1) is 10.2 Å². The predicted molar refractivity (Wildman–Crippen MR) is 107 cm³/mol. The molecule has 0 bridgehead atoms. The topological polar surface area (TPSA) is 99.3 Å². The van der Waals surface area contributed by atoms with Gasteiger partial charge < -0.3 is 0 Å². The molecule has 29 heavy (non-hydrogen) atoms. The summed E-state index contributed by atoms with van der Waals surface area (Å²) >= 11 is 6.35. The van der Waals surface area contributed by atoms with E-state index in [1.807, 2.05) is 25.1 Å². The van der Waals surface area contributed by atoms with Crippen molar-refractivity contribution in [3.8, 4) is 22.6 Å². The van der Waals surface area contributed by atoms with E-state index < -0.39 is 0 Å². The van der Waals surface area contributed by atoms with Crippen LogP contribution in [0.15, 0.2) is 49.1 Å². The van der Waals surface area contributed by atoms with Crippen molar-refractivity contribution in [3.63, 3.8) is 0 Å². The van der Waals surface area contributed by atoms with Crippen molar-refractivity contribution in [1.29, 1.82) is 0 Å². The van der Waals surface area contributed by atoms with Gasteiger partial charge in [0.05, 0.1) is 36.1 Å². The molecule has 0 aliphatic heterocycles. The standard InChI is InChI=1S/C20H16ClN7O/c1-12-5-6-22-10-16(12)19(29)8-14-9-24-18(11-23-14)15-7-13(3-4-17(15)21)20-25-27-28(2)26-20/h3-7,9-11H,8H2,1-2H3. The number of benzene rings is 1. The Labute approximate surface area is 171 Å². The zero-order valence-corrected chi connectivity index (χ0v) is 16.5. The molecule has 144 valence electrons. The van der Waals surface area contributed by atoms with Gasteiger partial charge >= 0.3 is 0 Å². The summed E-state index contributed by atoms with van der Waals surface area (Å²) in [5.74, 6) is 0.443. The summed E-state index contributed by atoms with van der Waals surface area (Å²) in [6.45, 7) is 1.88. The number of Topliss-reactive ketones (excluding diaryl/α,β-unsaturated/α-hetero) is 1. The summed E-state index contributed by atoms with van der Waals surface area (Å²) in [7, 11) is 1.70. The van der Waals surface area contributed by atoms with Gasteiger partial charge in [-0.1, -0.05) is 11.6 Å². The third-order valence-corrected chi connectivity index (χ3v) is 4.72. The van der Waals surface area contributed by atoms with E-state index in [2.05, 4.69) is 30.4 Å². The fourth-order valence-corrected chi connectivity index (χ4v) is 3.08. The molecule has 0 amide bonds. The Morgan fingerprint density at radius 2 is 2.00 bits per heavy atom. The second-order valence-corrected chi connectivity index (χ2v) is 6.89. The highest BCUT2D eigenvalue weighted by Gasteiger charge is 2.14. The molecule has 9 heteroatoms. The van der Waals surface area contributed by atoms with Crippen LogP contribution < -0.4 is 0 Å². The van der Waals surface area contributed by atoms with Crippen molar-refractivity contribution in [2.45, 2.75) is 13.3 Å². The van der Waals surface area contributed by atoms with Crippen LogP contribution in [0.25, 0.3) is 22.6 Å². The van der Waals surface area contributed by atoms with Crippen LogP contribution in [-0.2, 0) is 13.5 Å². The lowest BCUT2D eigenvalue weighted by Gasteiger charge is -2.07. The van der Waals surface area contributed by atoms with Gasteiger partial charge in [-0.05, 0) is 42.0 Å². The number of pyridine rings is 1. The van der Waals surface area contributed by atoms with Gasteiger partial charge in [0.1, 0.15) is 0 Å². The van der Waals surface area contributed by atoms with Crippen LogP contribution in [-0.4, -0.2) is 40.9 Å². The number of carbonyl (C=O) groups is 1. The molecular weight excluding hydrogens is 390 g/mol. The number of nitrogens with zero attached hydrogens (tertiary/aromatic N) is 7. The average molecular weight is 406 g/mol. The molecule has 0 radical (unpaired) electrons. The van der Waals surface area contributed by atoms with Crippen LogP contribution in [0.4, 0.5) is 0 Å². The van der Waals surface area contributed by atoms with E-state index in [0.717, 1.165) is 11.1 Å². The van der Waals surface area contributed by atoms with Crippen LogP contribution >= 0.6 is 11.6 Å². The normalized spacial score (nSPS) is 10.9. The van der Waals surface area contributed by atoms with Crippen molar-refractivity contribution in [2.24, 2.45) is 7.05 Å². The second kappa shape index (κ2) is 7.84. The molecule has 0 saturated heterocycles. The summed E-state index contributed by atoms with van der Waals surface area (Å²) in [5, 5.41) is 12.6. The summed E-state index contributed by atoms with van der Waals surface area (Å²) in [4.78, 5) is 26.7. The summed E-state index contributed by atoms with van der Waals surface area (Å²) in [6.07, 6.45) is 6.58. The predicted octanol–water partition coefficient (Wildman–Crippen LogP) is 3.12. The van der Waals surface area contributed by atoms with E-state index in [1.54, 1.807) is 37.9 Å². The van der Waals surface area contributed by atoms with E-state index in [9.17, 15) is 4.79 Å². The van der Waals surface area contributed by atoms with Crippen LogP contribution in [0, 0.1) is 6.92 Å². The first-order valence-electron chi connectivity index (χ1n) is 8.80. The number of halogens is 1. The van der Waals surface area contributed by atoms with Gasteiger partial charge in [0, 0.05) is 35.3 Å². The number of tetrazole rings is 1. The van der Waals surface area contributed by atoms with Gasteiger partial charge in [0.15, 0.2) is 5.78 Å². The Kier molecular flexibility index (Phi) is 5.09. The number of aromatic nitrogens is 7. The Balaban J connectivity index is 1.58. The number of hydrogen-bond donors (Lipinski definition) is 0. The smallest absolute Gasteiger partial charge is 0.204 e. The van der Waals surface area contributed by atoms with E-state index in [0.29, 0.717) is 33.4 Å².